The highest BCUT2D eigenvalue weighted by molar-refractivity contribution is 5.79. The van der Waals surface area contributed by atoms with Crippen molar-refractivity contribution in [1.29, 1.82) is 0 Å². The van der Waals surface area contributed by atoms with E-state index in [1.165, 1.54) is 6.07 Å². The van der Waals surface area contributed by atoms with Crippen LogP contribution in [0.15, 0.2) is 47.6 Å². The lowest BCUT2D eigenvalue weighted by Gasteiger charge is -2.22. The second-order valence-electron chi connectivity index (χ2n) is 5.92. The third-order valence-electron chi connectivity index (χ3n) is 3.78. The molecule has 0 amide bonds. The molecule has 1 aromatic carbocycles. The summed E-state index contributed by atoms with van der Waals surface area (Å²) in [7, 11) is 5.59. The SMILES string of the molecule is CN=C(NCc1cccc(OCC(F)(F)F)c1)N(C)Cc1cccn1C. The number of hydrogen-bond acceptors (Lipinski definition) is 2. The number of ether oxygens (including phenoxy) is 1. The first-order valence-electron chi connectivity index (χ1n) is 8.09. The summed E-state index contributed by atoms with van der Waals surface area (Å²) < 4.78 is 43.6. The molecule has 0 fully saturated rings. The molecule has 8 heteroatoms. The maximum absolute atomic E-state index is 12.3. The molecule has 0 aliphatic carbocycles. The number of aliphatic imine (C=N–C) groups is 1. The second-order valence-corrected chi connectivity index (χ2v) is 5.92. The first-order chi connectivity index (χ1) is 12.3. The Morgan fingerprint density at radius 1 is 1.27 bits per heavy atom. The predicted octanol–water partition coefficient (Wildman–Crippen LogP) is 3.17. The molecule has 1 aromatic heterocycles. The number of nitrogens with zero attached hydrogens (tertiary/aromatic N) is 3. The van der Waals surface area contributed by atoms with Crippen LogP contribution in [0.4, 0.5) is 13.2 Å². The number of hydrogen-bond donors (Lipinski definition) is 1. The molecule has 2 aromatic rings. The van der Waals surface area contributed by atoms with Crippen LogP contribution in [0, 0.1) is 0 Å². The van der Waals surface area contributed by atoms with Crippen LogP contribution in [0.3, 0.4) is 0 Å². The molecular formula is C18H23F3N4O. The summed E-state index contributed by atoms with van der Waals surface area (Å²) in [4.78, 5) is 6.22. The van der Waals surface area contributed by atoms with Crippen LogP contribution in [-0.4, -0.2) is 42.3 Å². The number of aryl methyl sites for hydroxylation is 1. The van der Waals surface area contributed by atoms with Gasteiger partial charge in [-0.2, -0.15) is 13.2 Å². The highest BCUT2D eigenvalue weighted by Gasteiger charge is 2.28. The summed E-state index contributed by atoms with van der Waals surface area (Å²) in [6.07, 6.45) is -2.37. The molecule has 0 radical (unpaired) electrons. The van der Waals surface area contributed by atoms with Crippen LogP contribution >= 0.6 is 0 Å². The van der Waals surface area contributed by atoms with Gasteiger partial charge in [-0.15, -0.1) is 0 Å². The molecule has 0 saturated heterocycles. The molecule has 0 unspecified atom stereocenters. The van der Waals surface area contributed by atoms with Crippen molar-refractivity contribution in [3.05, 3.63) is 53.9 Å². The van der Waals surface area contributed by atoms with Gasteiger partial charge in [0.15, 0.2) is 12.6 Å². The number of nitrogens with one attached hydrogen (secondary N) is 1. The van der Waals surface area contributed by atoms with Crippen molar-refractivity contribution >= 4 is 5.96 Å². The zero-order chi connectivity index (χ0) is 19.2. The zero-order valence-corrected chi connectivity index (χ0v) is 15.0. The van der Waals surface area contributed by atoms with Gasteiger partial charge in [0.2, 0.25) is 0 Å². The van der Waals surface area contributed by atoms with Gasteiger partial charge in [-0.25, -0.2) is 0 Å². The fourth-order valence-electron chi connectivity index (χ4n) is 2.45. The highest BCUT2D eigenvalue weighted by atomic mass is 19.4. The molecule has 142 valence electrons. The van der Waals surface area contributed by atoms with E-state index in [0.29, 0.717) is 19.0 Å². The Bertz CT molecular complexity index is 740. The highest BCUT2D eigenvalue weighted by Crippen LogP contribution is 2.19. The number of rotatable bonds is 6. The average molecular weight is 368 g/mol. The van der Waals surface area contributed by atoms with Crippen LogP contribution in [0.25, 0.3) is 0 Å². The van der Waals surface area contributed by atoms with Gasteiger partial charge in [0.1, 0.15) is 5.75 Å². The summed E-state index contributed by atoms with van der Waals surface area (Å²) >= 11 is 0. The van der Waals surface area contributed by atoms with Crippen LogP contribution in [0.2, 0.25) is 0 Å². The van der Waals surface area contributed by atoms with Gasteiger partial charge in [-0.1, -0.05) is 12.1 Å². The summed E-state index contributed by atoms with van der Waals surface area (Å²) in [6, 6.07) is 10.6. The lowest BCUT2D eigenvalue weighted by Crippen LogP contribution is -2.38. The molecule has 1 heterocycles. The standard InChI is InChI=1S/C18H23F3N4O/c1-22-17(25(3)12-15-7-5-9-24(15)2)23-11-14-6-4-8-16(10-14)26-13-18(19,20)21/h4-10H,11-13H2,1-3H3,(H,22,23). The molecule has 0 aliphatic rings. The van der Waals surface area contributed by atoms with Gasteiger partial charge in [0.05, 0.1) is 6.54 Å². The second kappa shape index (κ2) is 8.64. The maximum atomic E-state index is 12.3. The minimum atomic E-state index is -4.35. The van der Waals surface area contributed by atoms with Crippen LogP contribution < -0.4 is 10.1 Å². The van der Waals surface area contributed by atoms with Crippen molar-refractivity contribution in [3.63, 3.8) is 0 Å². The molecular weight excluding hydrogens is 345 g/mol. The topological polar surface area (TPSA) is 41.8 Å². The zero-order valence-electron chi connectivity index (χ0n) is 15.0. The van der Waals surface area contributed by atoms with E-state index in [-0.39, 0.29) is 5.75 Å². The van der Waals surface area contributed by atoms with E-state index in [9.17, 15) is 13.2 Å². The van der Waals surface area contributed by atoms with E-state index in [4.69, 9.17) is 4.74 Å². The average Bonchev–Trinajstić information content (AvgIpc) is 2.98. The molecule has 26 heavy (non-hydrogen) atoms. The van der Waals surface area contributed by atoms with Gasteiger partial charge in [0.25, 0.3) is 0 Å². The smallest absolute Gasteiger partial charge is 0.422 e. The molecule has 0 saturated carbocycles. The molecule has 2 rings (SSSR count). The fourth-order valence-corrected chi connectivity index (χ4v) is 2.45. The lowest BCUT2D eigenvalue weighted by molar-refractivity contribution is -0.153. The van der Waals surface area contributed by atoms with E-state index in [2.05, 4.69) is 10.3 Å². The summed E-state index contributed by atoms with van der Waals surface area (Å²) in [5.74, 6) is 0.876. The van der Waals surface area contributed by atoms with Crippen LogP contribution in [0.1, 0.15) is 11.3 Å². The van der Waals surface area contributed by atoms with Crippen molar-refractivity contribution in [2.75, 3.05) is 20.7 Å². The largest absolute Gasteiger partial charge is 0.484 e. The van der Waals surface area contributed by atoms with E-state index in [1.54, 1.807) is 19.2 Å². The van der Waals surface area contributed by atoms with Gasteiger partial charge in [0, 0.05) is 39.6 Å². The molecule has 0 atom stereocenters. The Labute approximate surface area is 151 Å². The number of halogens is 3. The van der Waals surface area contributed by atoms with E-state index in [0.717, 1.165) is 11.3 Å². The fraction of sp³-hybridized carbons (Fsp3) is 0.389. The molecule has 5 nitrogen and oxygen atoms in total. The number of aromatic nitrogens is 1. The lowest BCUT2D eigenvalue weighted by atomic mass is 10.2. The van der Waals surface area contributed by atoms with Crippen LogP contribution in [-0.2, 0) is 20.1 Å². The van der Waals surface area contributed by atoms with Crippen LogP contribution in [0.5, 0.6) is 5.75 Å². The van der Waals surface area contributed by atoms with Gasteiger partial charge < -0.3 is 19.5 Å². The maximum Gasteiger partial charge on any atom is 0.422 e. The summed E-state index contributed by atoms with van der Waals surface area (Å²) in [5, 5.41) is 3.21. The Morgan fingerprint density at radius 2 is 2.04 bits per heavy atom. The van der Waals surface area contributed by atoms with E-state index < -0.39 is 12.8 Å². The molecule has 0 spiro atoms. The molecule has 0 aliphatic heterocycles. The minimum Gasteiger partial charge on any atom is -0.484 e. The van der Waals surface area contributed by atoms with Gasteiger partial charge >= 0.3 is 6.18 Å². The van der Waals surface area contributed by atoms with Crippen molar-refractivity contribution in [2.45, 2.75) is 19.3 Å². The molecule has 1 N–H and O–H groups in total. The van der Waals surface area contributed by atoms with Gasteiger partial charge in [-0.05, 0) is 29.8 Å². The minimum absolute atomic E-state index is 0.189. The first-order valence-corrected chi connectivity index (χ1v) is 8.09. The van der Waals surface area contributed by atoms with Crippen molar-refractivity contribution in [3.8, 4) is 5.75 Å². The Hall–Kier alpha value is -2.64. The Balaban J connectivity index is 1.92. The van der Waals surface area contributed by atoms with Crippen molar-refractivity contribution < 1.29 is 17.9 Å². The third kappa shape index (κ3) is 6.02. The van der Waals surface area contributed by atoms with E-state index >= 15 is 0 Å². The third-order valence-corrected chi connectivity index (χ3v) is 3.78. The Kier molecular flexibility index (Phi) is 6.54. The normalized spacial score (nSPS) is 12.2. The Morgan fingerprint density at radius 3 is 2.65 bits per heavy atom. The van der Waals surface area contributed by atoms with E-state index in [1.807, 2.05) is 48.0 Å². The number of benzene rings is 1. The summed E-state index contributed by atoms with van der Waals surface area (Å²) in [6.45, 7) is -0.198. The predicted molar refractivity (Wildman–Crippen MR) is 95.1 cm³/mol. The summed E-state index contributed by atoms with van der Waals surface area (Å²) in [5.41, 5.74) is 1.94. The number of guanidine groups is 1. The first kappa shape index (κ1) is 19.7. The monoisotopic (exact) mass is 368 g/mol. The number of alkyl halides is 3. The van der Waals surface area contributed by atoms with Crippen molar-refractivity contribution in [1.82, 2.24) is 14.8 Å². The molecule has 0 bridgehead atoms. The van der Waals surface area contributed by atoms with Gasteiger partial charge in [-0.3, -0.25) is 4.99 Å². The quantitative estimate of drug-likeness (QED) is 0.629. The van der Waals surface area contributed by atoms with Crippen molar-refractivity contribution in [2.24, 2.45) is 12.0 Å².